The molecule has 0 aliphatic carbocycles. The van der Waals surface area contributed by atoms with E-state index in [-0.39, 0.29) is 0 Å². The maximum absolute atomic E-state index is 3.53. The molecule has 2 atom stereocenters. The predicted octanol–water partition coefficient (Wildman–Crippen LogP) is 1.47. The lowest BCUT2D eigenvalue weighted by molar-refractivity contribution is 0.113. The summed E-state index contributed by atoms with van der Waals surface area (Å²) in [5, 5.41) is 3.53. The average molecular weight is 182 g/mol. The normalized spacial score (nSPS) is 37.6. The van der Waals surface area contributed by atoms with Gasteiger partial charge in [-0.2, -0.15) is 0 Å². The van der Waals surface area contributed by atoms with Crippen molar-refractivity contribution in [2.75, 3.05) is 26.7 Å². The third-order valence-electron chi connectivity index (χ3n) is 3.71. The molecule has 0 spiro atoms. The van der Waals surface area contributed by atoms with Gasteiger partial charge >= 0.3 is 0 Å². The van der Waals surface area contributed by atoms with E-state index in [4.69, 9.17) is 0 Å². The summed E-state index contributed by atoms with van der Waals surface area (Å²) >= 11 is 0. The number of nitrogens with one attached hydrogen (secondary N) is 1. The monoisotopic (exact) mass is 182 g/mol. The van der Waals surface area contributed by atoms with E-state index in [0.29, 0.717) is 0 Å². The summed E-state index contributed by atoms with van der Waals surface area (Å²) < 4.78 is 0. The van der Waals surface area contributed by atoms with Crippen LogP contribution in [0.1, 0.15) is 32.1 Å². The van der Waals surface area contributed by atoms with Crippen molar-refractivity contribution in [1.82, 2.24) is 10.2 Å². The Hall–Kier alpha value is -0.0800. The third kappa shape index (κ3) is 2.23. The third-order valence-corrected chi connectivity index (χ3v) is 3.71. The van der Waals surface area contributed by atoms with Crippen LogP contribution in [0.4, 0.5) is 0 Å². The van der Waals surface area contributed by atoms with E-state index < -0.39 is 0 Å². The lowest BCUT2D eigenvalue weighted by Crippen LogP contribution is -2.46. The van der Waals surface area contributed by atoms with Crippen molar-refractivity contribution in [3.8, 4) is 0 Å². The van der Waals surface area contributed by atoms with Crippen LogP contribution in [0.15, 0.2) is 0 Å². The van der Waals surface area contributed by atoms with E-state index in [2.05, 4.69) is 17.3 Å². The van der Waals surface area contributed by atoms with Crippen LogP contribution in [-0.4, -0.2) is 37.6 Å². The molecule has 0 amide bonds. The second-order valence-electron chi connectivity index (χ2n) is 4.65. The Morgan fingerprint density at radius 1 is 1.15 bits per heavy atom. The first-order valence-electron chi connectivity index (χ1n) is 5.79. The highest BCUT2D eigenvalue weighted by molar-refractivity contribution is 4.84. The highest BCUT2D eigenvalue weighted by Gasteiger charge is 2.28. The average Bonchev–Trinajstić information content (AvgIpc) is 2.20. The van der Waals surface area contributed by atoms with Gasteiger partial charge in [0.05, 0.1) is 0 Å². The van der Waals surface area contributed by atoms with Crippen LogP contribution in [-0.2, 0) is 0 Å². The van der Waals surface area contributed by atoms with Gasteiger partial charge in [0.1, 0.15) is 0 Å². The van der Waals surface area contributed by atoms with Crippen LogP contribution >= 0.6 is 0 Å². The number of hydrogen-bond donors (Lipinski definition) is 1. The Bertz CT molecular complexity index is 152. The van der Waals surface area contributed by atoms with E-state index in [1.165, 1.54) is 51.7 Å². The standard InChI is InChI=1S/C11H22N2/c1-13-8-3-2-6-11(13)10-5-4-7-12-9-10/h10-12H,2-9H2,1H3/t10-,11-/m0/s1. The molecule has 0 bridgehead atoms. The molecule has 0 saturated carbocycles. The maximum atomic E-state index is 3.53. The fourth-order valence-corrected chi connectivity index (χ4v) is 2.90. The minimum Gasteiger partial charge on any atom is -0.316 e. The molecule has 0 radical (unpaired) electrons. The molecule has 2 saturated heterocycles. The van der Waals surface area contributed by atoms with Gasteiger partial charge in [-0.15, -0.1) is 0 Å². The predicted molar refractivity (Wildman–Crippen MR) is 55.9 cm³/mol. The molecule has 2 nitrogen and oxygen atoms in total. The van der Waals surface area contributed by atoms with E-state index in [9.17, 15) is 0 Å². The summed E-state index contributed by atoms with van der Waals surface area (Å²) in [6.07, 6.45) is 7.12. The van der Waals surface area contributed by atoms with Crippen LogP contribution in [0, 0.1) is 5.92 Å². The Morgan fingerprint density at radius 3 is 2.77 bits per heavy atom. The first-order valence-corrected chi connectivity index (χ1v) is 5.79. The van der Waals surface area contributed by atoms with Gasteiger partial charge in [-0.1, -0.05) is 6.42 Å². The molecule has 0 aromatic carbocycles. The molecule has 76 valence electrons. The minimum atomic E-state index is 0.876. The van der Waals surface area contributed by atoms with Crippen LogP contribution < -0.4 is 5.32 Å². The Balaban J connectivity index is 1.88. The van der Waals surface area contributed by atoms with Gasteiger partial charge in [-0.3, -0.25) is 0 Å². The van der Waals surface area contributed by atoms with Crippen molar-refractivity contribution < 1.29 is 0 Å². The summed E-state index contributed by atoms with van der Waals surface area (Å²) in [7, 11) is 2.30. The Labute approximate surface area is 81.7 Å². The molecule has 2 fully saturated rings. The maximum Gasteiger partial charge on any atom is 0.0133 e. The van der Waals surface area contributed by atoms with Crippen molar-refractivity contribution in [2.24, 2.45) is 5.92 Å². The number of hydrogen-bond acceptors (Lipinski definition) is 2. The van der Waals surface area contributed by atoms with Crippen molar-refractivity contribution in [3.63, 3.8) is 0 Å². The molecule has 2 rings (SSSR count). The summed E-state index contributed by atoms with van der Waals surface area (Å²) in [6, 6.07) is 0.876. The fourth-order valence-electron chi connectivity index (χ4n) is 2.90. The van der Waals surface area contributed by atoms with E-state index >= 15 is 0 Å². The van der Waals surface area contributed by atoms with Crippen molar-refractivity contribution in [1.29, 1.82) is 0 Å². The largest absolute Gasteiger partial charge is 0.316 e. The molecule has 1 N–H and O–H groups in total. The first kappa shape index (κ1) is 9.47. The molecule has 2 aliphatic rings. The second-order valence-corrected chi connectivity index (χ2v) is 4.65. The summed E-state index contributed by atoms with van der Waals surface area (Å²) in [5.74, 6) is 0.930. The zero-order valence-electron chi connectivity index (χ0n) is 8.76. The fraction of sp³-hybridized carbons (Fsp3) is 1.00. The highest BCUT2D eigenvalue weighted by atomic mass is 15.1. The zero-order chi connectivity index (χ0) is 9.10. The zero-order valence-corrected chi connectivity index (χ0v) is 8.76. The molecule has 2 heterocycles. The summed E-state index contributed by atoms with van der Waals surface area (Å²) in [6.45, 7) is 3.82. The van der Waals surface area contributed by atoms with Crippen LogP contribution in [0.25, 0.3) is 0 Å². The van der Waals surface area contributed by atoms with Crippen molar-refractivity contribution in [2.45, 2.75) is 38.1 Å². The lowest BCUT2D eigenvalue weighted by Gasteiger charge is -2.40. The second kappa shape index (κ2) is 4.43. The van der Waals surface area contributed by atoms with Gasteiger partial charge in [0.15, 0.2) is 0 Å². The Morgan fingerprint density at radius 2 is 2.08 bits per heavy atom. The van der Waals surface area contributed by atoms with Gasteiger partial charge in [-0.05, 0) is 58.3 Å². The smallest absolute Gasteiger partial charge is 0.0133 e. The molecular weight excluding hydrogens is 160 g/mol. The molecule has 2 aliphatic heterocycles. The SMILES string of the molecule is CN1CCCC[C@H]1[C@H]1CCCNC1. The number of likely N-dealkylation sites (tertiary alicyclic amines) is 1. The summed E-state index contributed by atoms with van der Waals surface area (Å²) in [4.78, 5) is 2.58. The van der Waals surface area contributed by atoms with E-state index in [1.54, 1.807) is 0 Å². The summed E-state index contributed by atoms with van der Waals surface area (Å²) in [5.41, 5.74) is 0. The van der Waals surface area contributed by atoms with Gasteiger partial charge in [0.2, 0.25) is 0 Å². The molecule has 13 heavy (non-hydrogen) atoms. The van der Waals surface area contributed by atoms with Gasteiger partial charge < -0.3 is 10.2 Å². The minimum absolute atomic E-state index is 0.876. The van der Waals surface area contributed by atoms with Crippen molar-refractivity contribution >= 4 is 0 Å². The number of rotatable bonds is 1. The molecular formula is C11H22N2. The number of piperidine rings is 2. The van der Waals surface area contributed by atoms with E-state index in [0.717, 1.165) is 12.0 Å². The Kier molecular flexibility index (Phi) is 3.23. The van der Waals surface area contributed by atoms with Gasteiger partial charge in [0, 0.05) is 6.04 Å². The lowest BCUT2D eigenvalue weighted by atomic mass is 9.86. The molecule has 0 aromatic rings. The van der Waals surface area contributed by atoms with Crippen LogP contribution in [0.3, 0.4) is 0 Å². The van der Waals surface area contributed by atoms with Crippen LogP contribution in [0.5, 0.6) is 0 Å². The first-order chi connectivity index (χ1) is 6.38. The number of nitrogens with zero attached hydrogens (tertiary/aromatic N) is 1. The quantitative estimate of drug-likeness (QED) is 0.660. The molecule has 0 unspecified atom stereocenters. The van der Waals surface area contributed by atoms with Crippen molar-refractivity contribution in [3.05, 3.63) is 0 Å². The molecule has 2 heteroatoms. The van der Waals surface area contributed by atoms with Gasteiger partial charge in [-0.25, -0.2) is 0 Å². The molecule has 0 aromatic heterocycles. The topological polar surface area (TPSA) is 15.3 Å². The van der Waals surface area contributed by atoms with Gasteiger partial charge in [0.25, 0.3) is 0 Å². The van der Waals surface area contributed by atoms with E-state index in [1.807, 2.05) is 0 Å². The highest BCUT2D eigenvalue weighted by Crippen LogP contribution is 2.25. The van der Waals surface area contributed by atoms with Crippen LogP contribution in [0.2, 0.25) is 0 Å².